The van der Waals surface area contributed by atoms with Gasteiger partial charge in [0.1, 0.15) is 0 Å². The van der Waals surface area contributed by atoms with Crippen LogP contribution in [0.25, 0.3) is 0 Å². The van der Waals surface area contributed by atoms with Gasteiger partial charge in [-0.15, -0.1) is 24.2 Å². The van der Waals surface area contributed by atoms with Crippen molar-refractivity contribution >= 4 is 24.2 Å². The Balaban J connectivity index is 0.00000144. The van der Waals surface area contributed by atoms with Crippen molar-refractivity contribution in [3.05, 3.63) is 27.7 Å². The number of aryl methyl sites for hydroxylation is 1. The lowest BCUT2D eigenvalue weighted by molar-refractivity contribution is 0.951. The Morgan fingerprint density at radius 1 is 1.62 bits per heavy atom. The number of halogens is 1. The van der Waals surface area contributed by atoms with Gasteiger partial charge in [-0.3, -0.25) is 4.79 Å². The minimum Gasteiger partial charge on any atom is -0.326 e. The zero-order valence-corrected chi connectivity index (χ0v) is 9.22. The van der Waals surface area contributed by atoms with E-state index in [9.17, 15) is 4.79 Å². The molecule has 0 fully saturated rings. The Bertz CT molecular complexity index is 337. The Morgan fingerprint density at radius 3 is 2.69 bits per heavy atom. The maximum absolute atomic E-state index is 11.3. The van der Waals surface area contributed by atoms with Crippen molar-refractivity contribution in [1.82, 2.24) is 4.98 Å². The van der Waals surface area contributed by atoms with Crippen LogP contribution in [0, 0.1) is 6.92 Å². The van der Waals surface area contributed by atoms with Gasteiger partial charge in [0.05, 0.1) is 0 Å². The van der Waals surface area contributed by atoms with Gasteiger partial charge in [-0.2, -0.15) is 0 Å². The van der Waals surface area contributed by atoms with Gasteiger partial charge in [0.25, 0.3) is 5.56 Å². The first-order valence-corrected chi connectivity index (χ1v) is 4.88. The van der Waals surface area contributed by atoms with E-state index in [1.165, 1.54) is 0 Å². The van der Waals surface area contributed by atoms with Crippen molar-refractivity contribution in [3.63, 3.8) is 0 Å². The molecule has 0 aliphatic carbocycles. The lowest BCUT2D eigenvalue weighted by Crippen LogP contribution is -2.17. The number of H-pyrrole nitrogens is 1. The summed E-state index contributed by atoms with van der Waals surface area (Å²) in [5, 5.41) is 0. The standard InChI is InChI=1S/C8H12N2OS.ClH/c1-5-3-7(12-2)6(4-9)8(11)10-5;/h3H,4,9H2,1-2H3,(H,10,11);1H. The minimum absolute atomic E-state index is 0. The summed E-state index contributed by atoms with van der Waals surface area (Å²) in [6.45, 7) is 2.16. The molecule has 0 bridgehead atoms. The third-order valence-electron chi connectivity index (χ3n) is 1.65. The summed E-state index contributed by atoms with van der Waals surface area (Å²) in [7, 11) is 0. The molecule has 74 valence electrons. The molecule has 1 rings (SSSR count). The SMILES string of the molecule is CSc1cc(C)[nH]c(=O)c1CN.Cl. The van der Waals surface area contributed by atoms with Crippen molar-refractivity contribution in [3.8, 4) is 0 Å². The maximum Gasteiger partial charge on any atom is 0.253 e. The smallest absolute Gasteiger partial charge is 0.253 e. The molecule has 0 spiro atoms. The number of pyridine rings is 1. The van der Waals surface area contributed by atoms with E-state index < -0.39 is 0 Å². The van der Waals surface area contributed by atoms with E-state index in [0.29, 0.717) is 12.1 Å². The van der Waals surface area contributed by atoms with Crippen molar-refractivity contribution in [2.24, 2.45) is 5.73 Å². The van der Waals surface area contributed by atoms with Crippen LogP contribution in [0.4, 0.5) is 0 Å². The number of nitrogens with two attached hydrogens (primary N) is 1. The molecule has 0 radical (unpaired) electrons. The van der Waals surface area contributed by atoms with E-state index in [0.717, 1.165) is 10.6 Å². The summed E-state index contributed by atoms with van der Waals surface area (Å²) in [4.78, 5) is 15.0. The van der Waals surface area contributed by atoms with E-state index in [-0.39, 0.29) is 18.0 Å². The number of rotatable bonds is 2. The highest BCUT2D eigenvalue weighted by Gasteiger charge is 2.04. The number of nitrogens with one attached hydrogen (secondary N) is 1. The number of hydrogen-bond acceptors (Lipinski definition) is 3. The topological polar surface area (TPSA) is 58.9 Å². The lowest BCUT2D eigenvalue weighted by Gasteiger charge is -2.04. The average Bonchev–Trinajstić information content (AvgIpc) is 2.03. The van der Waals surface area contributed by atoms with Crippen LogP contribution < -0.4 is 11.3 Å². The monoisotopic (exact) mass is 220 g/mol. The van der Waals surface area contributed by atoms with Crippen LogP contribution in [0.5, 0.6) is 0 Å². The van der Waals surface area contributed by atoms with Crippen molar-refractivity contribution < 1.29 is 0 Å². The highest BCUT2D eigenvalue weighted by molar-refractivity contribution is 7.98. The van der Waals surface area contributed by atoms with Crippen LogP contribution in [0.2, 0.25) is 0 Å². The fourth-order valence-electron chi connectivity index (χ4n) is 1.06. The predicted octanol–water partition coefficient (Wildman–Crippen LogP) is 1.29. The summed E-state index contributed by atoms with van der Waals surface area (Å²) >= 11 is 1.55. The number of thioether (sulfide) groups is 1. The van der Waals surface area contributed by atoms with E-state index >= 15 is 0 Å². The molecule has 3 N–H and O–H groups in total. The molecule has 0 aliphatic rings. The third kappa shape index (κ3) is 2.76. The first kappa shape index (κ1) is 12.6. The Morgan fingerprint density at radius 2 is 2.23 bits per heavy atom. The average molecular weight is 221 g/mol. The molecular weight excluding hydrogens is 208 g/mol. The summed E-state index contributed by atoms with van der Waals surface area (Å²) < 4.78 is 0. The van der Waals surface area contributed by atoms with Gasteiger partial charge >= 0.3 is 0 Å². The molecule has 1 heterocycles. The van der Waals surface area contributed by atoms with Crippen LogP contribution in [0.3, 0.4) is 0 Å². The number of aromatic nitrogens is 1. The van der Waals surface area contributed by atoms with Gasteiger partial charge in [0, 0.05) is 22.7 Å². The number of hydrogen-bond donors (Lipinski definition) is 2. The van der Waals surface area contributed by atoms with Crippen molar-refractivity contribution in [2.45, 2.75) is 18.4 Å². The molecule has 0 aromatic carbocycles. The van der Waals surface area contributed by atoms with Crippen LogP contribution in [-0.2, 0) is 6.54 Å². The third-order valence-corrected chi connectivity index (χ3v) is 2.46. The molecule has 0 saturated carbocycles. The van der Waals surface area contributed by atoms with Gasteiger partial charge in [0.15, 0.2) is 0 Å². The fraction of sp³-hybridized carbons (Fsp3) is 0.375. The molecule has 0 atom stereocenters. The second-order valence-corrected chi connectivity index (χ2v) is 3.38. The molecular formula is C8H13ClN2OS. The first-order valence-electron chi connectivity index (χ1n) is 3.66. The van der Waals surface area contributed by atoms with E-state index in [1.807, 2.05) is 19.2 Å². The molecule has 1 aromatic heterocycles. The minimum atomic E-state index is -0.0677. The first-order chi connectivity index (χ1) is 5.69. The largest absolute Gasteiger partial charge is 0.326 e. The van der Waals surface area contributed by atoms with Gasteiger partial charge in [-0.25, -0.2) is 0 Å². The molecule has 1 aromatic rings. The van der Waals surface area contributed by atoms with Crippen LogP contribution in [-0.4, -0.2) is 11.2 Å². The van der Waals surface area contributed by atoms with Gasteiger partial charge in [0.2, 0.25) is 0 Å². The maximum atomic E-state index is 11.3. The molecule has 13 heavy (non-hydrogen) atoms. The quantitative estimate of drug-likeness (QED) is 0.739. The molecule has 0 aliphatic heterocycles. The summed E-state index contributed by atoms with van der Waals surface area (Å²) in [5.41, 5.74) is 6.93. The second-order valence-electron chi connectivity index (χ2n) is 2.53. The van der Waals surface area contributed by atoms with E-state index in [4.69, 9.17) is 5.73 Å². The highest BCUT2D eigenvalue weighted by atomic mass is 35.5. The molecule has 0 unspecified atom stereocenters. The fourth-order valence-corrected chi connectivity index (χ4v) is 1.78. The second kappa shape index (κ2) is 5.32. The Hall–Kier alpha value is -0.450. The van der Waals surface area contributed by atoms with Crippen LogP contribution in [0.15, 0.2) is 15.8 Å². The predicted molar refractivity (Wildman–Crippen MR) is 58.7 cm³/mol. The molecule has 0 amide bonds. The van der Waals surface area contributed by atoms with Crippen LogP contribution in [0.1, 0.15) is 11.3 Å². The number of aromatic amines is 1. The summed E-state index contributed by atoms with van der Waals surface area (Å²) in [5.74, 6) is 0. The van der Waals surface area contributed by atoms with E-state index in [1.54, 1.807) is 11.8 Å². The van der Waals surface area contributed by atoms with E-state index in [2.05, 4.69) is 4.98 Å². The molecule has 0 saturated heterocycles. The highest BCUT2D eigenvalue weighted by Crippen LogP contribution is 2.16. The van der Waals surface area contributed by atoms with Crippen molar-refractivity contribution in [2.75, 3.05) is 6.26 Å². The van der Waals surface area contributed by atoms with Gasteiger partial charge in [-0.05, 0) is 19.2 Å². The summed E-state index contributed by atoms with van der Waals surface area (Å²) in [6.07, 6.45) is 1.94. The van der Waals surface area contributed by atoms with Crippen molar-refractivity contribution in [1.29, 1.82) is 0 Å². The Kier molecular flexibility index (Phi) is 5.13. The van der Waals surface area contributed by atoms with Crippen LogP contribution >= 0.6 is 24.2 Å². The molecule has 3 nitrogen and oxygen atoms in total. The zero-order valence-electron chi connectivity index (χ0n) is 7.59. The Labute approximate surface area is 87.5 Å². The normalized spacial score (nSPS) is 9.46. The zero-order chi connectivity index (χ0) is 9.14. The molecule has 5 heteroatoms. The van der Waals surface area contributed by atoms with Gasteiger partial charge < -0.3 is 10.7 Å². The lowest BCUT2D eigenvalue weighted by atomic mass is 10.2. The summed E-state index contributed by atoms with van der Waals surface area (Å²) in [6, 6.07) is 1.94. The van der Waals surface area contributed by atoms with Gasteiger partial charge in [-0.1, -0.05) is 0 Å².